The second-order valence-corrected chi connectivity index (χ2v) is 7.56. The molecular formula is C25H27NO7. The molecule has 1 fully saturated rings. The van der Waals surface area contributed by atoms with Gasteiger partial charge in [0.1, 0.15) is 11.9 Å². The van der Waals surface area contributed by atoms with Crippen molar-refractivity contribution in [3.8, 4) is 28.6 Å². The lowest BCUT2D eigenvalue weighted by atomic mass is 10.0. The molecule has 8 heteroatoms. The van der Waals surface area contributed by atoms with Gasteiger partial charge in [-0.3, -0.25) is 4.79 Å². The van der Waals surface area contributed by atoms with E-state index in [1.165, 1.54) is 21.3 Å². The summed E-state index contributed by atoms with van der Waals surface area (Å²) in [7, 11) is 4.39. The van der Waals surface area contributed by atoms with Crippen LogP contribution in [0, 0.1) is 0 Å². The Labute approximate surface area is 192 Å². The molecule has 2 aromatic carbocycles. The van der Waals surface area contributed by atoms with Gasteiger partial charge in [0.25, 0.3) is 0 Å². The van der Waals surface area contributed by atoms with Crippen molar-refractivity contribution >= 4 is 11.5 Å². The maximum atomic E-state index is 13.2. The lowest BCUT2D eigenvalue weighted by Crippen LogP contribution is -2.36. The summed E-state index contributed by atoms with van der Waals surface area (Å²) < 4.78 is 27.2. The van der Waals surface area contributed by atoms with Crippen LogP contribution in [-0.2, 0) is 9.47 Å². The standard InChI is InChI=1S/C25H27NO7/c1-29-21-14-17(15-22(30-2)23(21)27)19-8-9-20(33-19)24(28)25(31-3)16-4-6-18(7-5-16)26-10-12-32-13-11-26/h4-9,14-15,25,27H,10-13H2,1-3H3. The van der Waals surface area contributed by atoms with E-state index >= 15 is 0 Å². The van der Waals surface area contributed by atoms with Crippen molar-refractivity contribution < 1.29 is 33.3 Å². The van der Waals surface area contributed by atoms with Crippen molar-refractivity contribution in [1.82, 2.24) is 0 Å². The summed E-state index contributed by atoms with van der Waals surface area (Å²) in [5, 5.41) is 10.1. The van der Waals surface area contributed by atoms with Crippen molar-refractivity contribution in [3.05, 3.63) is 59.9 Å². The number of carbonyl (C=O) groups is 1. The van der Waals surface area contributed by atoms with Crippen molar-refractivity contribution in [2.24, 2.45) is 0 Å². The Hall–Kier alpha value is -3.49. The topological polar surface area (TPSA) is 90.6 Å². The Morgan fingerprint density at radius 2 is 1.61 bits per heavy atom. The van der Waals surface area contributed by atoms with Gasteiger partial charge in [0.2, 0.25) is 11.5 Å². The Bertz CT molecular complexity index is 1080. The van der Waals surface area contributed by atoms with E-state index in [1.54, 1.807) is 24.3 Å². The van der Waals surface area contributed by atoms with E-state index in [9.17, 15) is 9.90 Å². The first-order valence-corrected chi connectivity index (χ1v) is 10.6. The van der Waals surface area contributed by atoms with Gasteiger partial charge < -0.3 is 33.4 Å². The number of phenols is 1. The number of furan rings is 1. The molecule has 2 heterocycles. The number of methoxy groups -OCH3 is 3. The highest BCUT2D eigenvalue weighted by molar-refractivity contribution is 5.98. The maximum Gasteiger partial charge on any atom is 0.231 e. The van der Waals surface area contributed by atoms with Crippen molar-refractivity contribution in [1.29, 1.82) is 0 Å². The SMILES string of the molecule is COc1cc(-c2ccc(C(=O)C(OC)c3ccc(N4CCOCC4)cc3)o2)cc(OC)c1O. The minimum atomic E-state index is -0.799. The van der Waals surface area contributed by atoms with Crippen LogP contribution in [0.5, 0.6) is 17.2 Å². The quantitative estimate of drug-likeness (QED) is 0.511. The molecule has 3 aromatic rings. The number of ketones is 1. The van der Waals surface area contributed by atoms with Gasteiger partial charge in [-0.15, -0.1) is 0 Å². The number of hydrogen-bond donors (Lipinski definition) is 1. The highest BCUT2D eigenvalue weighted by Gasteiger charge is 2.26. The smallest absolute Gasteiger partial charge is 0.231 e. The average Bonchev–Trinajstić information content (AvgIpc) is 3.36. The molecule has 0 saturated carbocycles. The van der Waals surface area contributed by atoms with E-state index in [-0.39, 0.29) is 28.8 Å². The molecule has 1 aromatic heterocycles. The molecule has 1 unspecified atom stereocenters. The fraction of sp³-hybridized carbons (Fsp3) is 0.320. The van der Waals surface area contributed by atoms with Crippen LogP contribution in [0.15, 0.2) is 52.9 Å². The number of carbonyl (C=O) groups excluding carboxylic acids is 1. The van der Waals surface area contributed by atoms with Gasteiger partial charge >= 0.3 is 0 Å². The molecule has 4 rings (SSSR count). The molecule has 174 valence electrons. The molecule has 1 aliphatic rings. The number of morpholine rings is 1. The molecule has 8 nitrogen and oxygen atoms in total. The molecule has 33 heavy (non-hydrogen) atoms. The Balaban J connectivity index is 1.55. The number of benzene rings is 2. The summed E-state index contributed by atoms with van der Waals surface area (Å²) in [5.41, 5.74) is 2.43. The van der Waals surface area contributed by atoms with Crippen LogP contribution in [0.2, 0.25) is 0 Å². The second kappa shape index (κ2) is 9.97. The van der Waals surface area contributed by atoms with Crippen LogP contribution in [0.4, 0.5) is 5.69 Å². The first-order valence-electron chi connectivity index (χ1n) is 10.6. The number of rotatable bonds is 8. The molecule has 0 spiro atoms. The largest absolute Gasteiger partial charge is 0.502 e. The van der Waals surface area contributed by atoms with Crippen LogP contribution >= 0.6 is 0 Å². The lowest BCUT2D eigenvalue weighted by Gasteiger charge is -2.29. The number of aromatic hydroxyl groups is 1. The van der Waals surface area contributed by atoms with Gasteiger partial charge in [-0.25, -0.2) is 0 Å². The van der Waals surface area contributed by atoms with Gasteiger partial charge in [0.15, 0.2) is 17.3 Å². The Kier molecular flexibility index (Phi) is 6.86. The van der Waals surface area contributed by atoms with Gasteiger partial charge in [-0.1, -0.05) is 12.1 Å². The zero-order valence-corrected chi connectivity index (χ0v) is 18.9. The molecule has 1 atom stereocenters. The monoisotopic (exact) mass is 453 g/mol. The summed E-state index contributed by atoms with van der Waals surface area (Å²) in [6, 6.07) is 14.3. The van der Waals surface area contributed by atoms with Crippen molar-refractivity contribution in [2.45, 2.75) is 6.10 Å². The van der Waals surface area contributed by atoms with Crippen LogP contribution < -0.4 is 14.4 Å². The highest BCUT2D eigenvalue weighted by atomic mass is 16.5. The van der Waals surface area contributed by atoms with E-state index in [0.717, 1.165) is 24.3 Å². The molecule has 1 saturated heterocycles. The van der Waals surface area contributed by atoms with Gasteiger partial charge in [0, 0.05) is 31.5 Å². The highest BCUT2D eigenvalue weighted by Crippen LogP contribution is 2.41. The third-order valence-corrected chi connectivity index (χ3v) is 5.66. The minimum Gasteiger partial charge on any atom is -0.502 e. The summed E-state index contributed by atoms with van der Waals surface area (Å²) in [6.45, 7) is 3.10. The van der Waals surface area contributed by atoms with Gasteiger partial charge in [-0.05, 0) is 42.0 Å². The zero-order chi connectivity index (χ0) is 23.4. The first-order chi connectivity index (χ1) is 16.0. The predicted octanol–water partition coefficient (Wildman–Crippen LogP) is 4.08. The van der Waals surface area contributed by atoms with E-state index in [2.05, 4.69) is 4.90 Å². The third kappa shape index (κ3) is 4.67. The molecular weight excluding hydrogens is 426 g/mol. The fourth-order valence-corrected chi connectivity index (χ4v) is 3.87. The number of anilines is 1. The Morgan fingerprint density at radius 3 is 2.18 bits per heavy atom. The molecule has 0 amide bonds. The number of ether oxygens (including phenoxy) is 4. The van der Waals surface area contributed by atoms with Crippen LogP contribution in [0.3, 0.4) is 0 Å². The van der Waals surface area contributed by atoms with E-state index < -0.39 is 6.10 Å². The molecule has 1 aliphatic heterocycles. The van der Waals surface area contributed by atoms with E-state index in [1.807, 2.05) is 24.3 Å². The Morgan fingerprint density at radius 1 is 0.970 bits per heavy atom. The minimum absolute atomic E-state index is 0.105. The second-order valence-electron chi connectivity index (χ2n) is 7.56. The van der Waals surface area contributed by atoms with Gasteiger partial charge in [0.05, 0.1) is 27.4 Å². The number of phenolic OH excluding ortho intramolecular Hbond substituents is 1. The maximum absolute atomic E-state index is 13.2. The molecule has 0 bridgehead atoms. The summed E-state index contributed by atoms with van der Waals surface area (Å²) in [5.74, 6) is 0.687. The molecule has 1 N–H and O–H groups in total. The summed E-state index contributed by atoms with van der Waals surface area (Å²) >= 11 is 0. The van der Waals surface area contributed by atoms with Gasteiger partial charge in [-0.2, -0.15) is 0 Å². The van der Waals surface area contributed by atoms with E-state index in [4.69, 9.17) is 23.4 Å². The zero-order valence-electron chi connectivity index (χ0n) is 18.9. The number of hydrogen-bond acceptors (Lipinski definition) is 8. The van der Waals surface area contributed by atoms with Crippen molar-refractivity contribution in [2.75, 3.05) is 52.5 Å². The fourth-order valence-electron chi connectivity index (χ4n) is 3.87. The van der Waals surface area contributed by atoms with Crippen LogP contribution in [0.25, 0.3) is 11.3 Å². The molecule has 0 radical (unpaired) electrons. The van der Waals surface area contributed by atoms with E-state index in [0.29, 0.717) is 24.5 Å². The predicted molar refractivity (Wildman–Crippen MR) is 122 cm³/mol. The number of Topliss-reactive ketones (excluding diaryl/α,β-unsaturated/α-hetero) is 1. The summed E-state index contributed by atoms with van der Waals surface area (Å²) in [4.78, 5) is 15.4. The average molecular weight is 453 g/mol. The first kappa shape index (κ1) is 22.7. The normalized spacial score (nSPS) is 14.7. The summed E-state index contributed by atoms with van der Waals surface area (Å²) in [6.07, 6.45) is -0.799. The lowest BCUT2D eigenvalue weighted by molar-refractivity contribution is 0.0577. The van der Waals surface area contributed by atoms with Crippen LogP contribution in [-0.4, -0.2) is 58.5 Å². The number of nitrogens with zero attached hydrogens (tertiary/aromatic N) is 1. The van der Waals surface area contributed by atoms with Crippen molar-refractivity contribution in [3.63, 3.8) is 0 Å². The van der Waals surface area contributed by atoms with Crippen LogP contribution in [0.1, 0.15) is 22.2 Å². The molecule has 0 aliphatic carbocycles. The third-order valence-electron chi connectivity index (χ3n) is 5.66.